The zero-order valence-electron chi connectivity index (χ0n) is 17.0. The van der Waals surface area contributed by atoms with E-state index in [9.17, 15) is 4.79 Å². The number of carbonyl (C=O) groups is 1. The van der Waals surface area contributed by atoms with Crippen molar-refractivity contribution in [1.82, 2.24) is 20.0 Å². The first-order valence-corrected chi connectivity index (χ1v) is 10.0. The molecular weight excluding hydrogens is 330 g/mol. The number of ether oxygens (including phenoxy) is 1. The number of hydrogen-bond donors (Lipinski definition) is 1. The number of amides is 1. The maximum atomic E-state index is 12.3. The van der Waals surface area contributed by atoms with E-state index in [0.717, 1.165) is 71.1 Å². The highest BCUT2D eigenvalue weighted by Crippen LogP contribution is 2.19. The summed E-state index contributed by atoms with van der Waals surface area (Å²) in [6.45, 7) is 8.66. The molecule has 2 rings (SSSR count). The molecule has 7 heteroatoms. The van der Waals surface area contributed by atoms with Gasteiger partial charge in [0.05, 0.1) is 12.6 Å². The summed E-state index contributed by atoms with van der Waals surface area (Å²) in [5.74, 6) is 1.86. The fourth-order valence-corrected chi connectivity index (χ4v) is 3.95. The lowest BCUT2D eigenvalue weighted by Gasteiger charge is -2.26. The molecule has 0 radical (unpaired) electrons. The van der Waals surface area contributed by atoms with Gasteiger partial charge in [0.25, 0.3) is 0 Å². The molecule has 2 saturated heterocycles. The lowest BCUT2D eigenvalue weighted by Crippen LogP contribution is -2.43. The molecule has 0 bridgehead atoms. The first-order valence-electron chi connectivity index (χ1n) is 10.0. The fraction of sp³-hybridized carbons (Fsp3) is 0.895. The van der Waals surface area contributed by atoms with Crippen LogP contribution in [0.25, 0.3) is 0 Å². The molecule has 150 valence electrons. The molecule has 0 aromatic heterocycles. The quantitative estimate of drug-likeness (QED) is 0.392. The number of carbonyl (C=O) groups excluding carboxylic acids is 1. The summed E-state index contributed by atoms with van der Waals surface area (Å²) in [5.41, 5.74) is 0. The van der Waals surface area contributed by atoms with Crippen LogP contribution in [0.4, 0.5) is 0 Å². The Morgan fingerprint density at radius 2 is 2.12 bits per heavy atom. The topological polar surface area (TPSA) is 60.4 Å². The average Bonchev–Trinajstić information content (AvgIpc) is 3.26. The molecule has 0 aromatic rings. The number of methoxy groups -OCH3 is 1. The van der Waals surface area contributed by atoms with Crippen LogP contribution in [0.1, 0.15) is 32.6 Å². The molecule has 2 atom stereocenters. The largest absolute Gasteiger partial charge is 0.384 e. The molecule has 0 aliphatic carbocycles. The van der Waals surface area contributed by atoms with Gasteiger partial charge < -0.3 is 19.9 Å². The second kappa shape index (κ2) is 10.7. The second-order valence-electron chi connectivity index (χ2n) is 7.57. The third-order valence-electron chi connectivity index (χ3n) is 5.28. The maximum absolute atomic E-state index is 12.3. The minimum atomic E-state index is 0.0654. The van der Waals surface area contributed by atoms with Gasteiger partial charge in [-0.3, -0.25) is 14.7 Å². The number of nitrogens with one attached hydrogen (secondary N) is 1. The lowest BCUT2D eigenvalue weighted by molar-refractivity contribution is -0.133. The van der Waals surface area contributed by atoms with Crippen LogP contribution in [0.2, 0.25) is 0 Å². The maximum Gasteiger partial charge on any atom is 0.239 e. The van der Waals surface area contributed by atoms with Gasteiger partial charge in [-0.2, -0.15) is 0 Å². The molecule has 1 amide bonds. The van der Waals surface area contributed by atoms with Gasteiger partial charge in [-0.05, 0) is 39.2 Å². The number of likely N-dealkylation sites (N-methyl/N-ethyl adjacent to an activating group) is 1. The van der Waals surface area contributed by atoms with Gasteiger partial charge in [0.1, 0.15) is 0 Å². The molecular formula is C19H37N5O2. The standard InChI is InChI=1S/C19H37N5O2/c1-5-20-19(24-13-9-16(14-24)15-26-4)21-10-7-12-23-11-6-8-17(23)18(25)22(2)3/h16-17H,5-15H2,1-4H3,(H,20,21). The number of guanidine groups is 1. The van der Waals surface area contributed by atoms with Crippen LogP contribution < -0.4 is 5.32 Å². The second-order valence-corrected chi connectivity index (χ2v) is 7.57. The van der Waals surface area contributed by atoms with Gasteiger partial charge >= 0.3 is 0 Å². The van der Waals surface area contributed by atoms with Crippen molar-refractivity contribution in [3.05, 3.63) is 0 Å². The SMILES string of the molecule is CCNC(=NCCCN1CCCC1C(=O)N(C)C)N1CCC(COC)C1. The van der Waals surface area contributed by atoms with Crippen LogP contribution in [0.3, 0.4) is 0 Å². The summed E-state index contributed by atoms with van der Waals surface area (Å²) < 4.78 is 5.29. The van der Waals surface area contributed by atoms with Gasteiger partial charge in [-0.15, -0.1) is 0 Å². The van der Waals surface area contributed by atoms with Crippen LogP contribution in [0, 0.1) is 5.92 Å². The van der Waals surface area contributed by atoms with Crippen molar-refractivity contribution in [1.29, 1.82) is 0 Å². The Morgan fingerprint density at radius 1 is 1.31 bits per heavy atom. The minimum Gasteiger partial charge on any atom is -0.384 e. The Bertz CT molecular complexity index is 469. The highest BCUT2D eigenvalue weighted by molar-refractivity contribution is 5.81. The Kier molecular flexibility index (Phi) is 8.65. The number of likely N-dealkylation sites (tertiary alicyclic amines) is 2. The van der Waals surface area contributed by atoms with Gasteiger partial charge in [-0.1, -0.05) is 0 Å². The lowest BCUT2D eigenvalue weighted by atomic mass is 10.1. The summed E-state index contributed by atoms with van der Waals surface area (Å²) in [7, 11) is 5.46. The van der Waals surface area contributed by atoms with E-state index in [4.69, 9.17) is 9.73 Å². The number of aliphatic imine (C=N–C) groups is 1. The fourth-order valence-electron chi connectivity index (χ4n) is 3.95. The Morgan fingerprint density at radius 3 is 2.81 bits per heavy atom. The van der Waals surface area contributed by atoms with E-state index < -0.39 is 0 Å². The normalized spacial score (nSPS) is 24.3. The molecule has 2 heterocycles. The van der Waals surface area contributed by atoms with E-state index in [1.54, 1.807) is 12.0 Å². The van der Waals surface area contributed by atoms with Crippen molar-refractivity contribution in [2.24, 2.45) is 10.9 Å². The average molecular weight is 368 g/mol. The van der Waals surface area contributed by atoms with Crippen molar-refractivity contribution >= 4 is 11.9 Å². The number of nitrogens with zero attached hydrogens (tertiary/aromatic N) is 4. The first kappa shape index (κ1) is 21.0. The van der Waals surface area contributed by atoms with Crippen LogP contribution in [-0.4, -0.2) is 99.7 Å². The van der Waals surface area contributed by atoms with Crippen LogP contribution in [0.15, 0.2) is 4.99 Å². The van der Waals surface area contributed by atoms with Gasteiger partial charge in [-0.25, -0.2) is 0 Å². The van der Waals surface area contributed by atoms with E-state index >= 15 is 0 Å². The highest BCUT2D eigenvalue weighted by Gasteiger charge is 2.31. The first-order chi connectivity index (χ1) is 12.6. The van der Waals surface area contributed by atoms with Gasteiger partial charge in [0, 0.05) is 59.8 Å². The third-order valence-corrected chi connectivity index (χ3v) is 5.28. The van der Waals surface area contributed by atoms with Gasteiger partial charge in [0.2, 0.25) is 5.91 Å². The van der Waals surface area contributed by atoms with Crippen LogP contribution in [-0.2, 0) is 9.53 Å². The molecule has 0 spiro atoms. The molecule has 26 heavy (non-hydrogen) atoms. The number of rotatable bonds is 8. The van der Waals surface area contributed by atoms with Gasteiger partial charge in [0.15, 0.2) is 5.96 Å². The third kappa shape index (κ3) is 5.84. The Balaban J connectivity index is 1.80. The zero-order valence-corrected chi connectivity index (χ0v) is 17.0. The highest BCUT2D eigenvalue weighted by atomic mass is 16.5. The molecule has 2 aliphatic heterocycles. The van der Waals surface area contributed by atoms with Crippen molar-refractivity contribution in [2.75, 3.05) is 67.1 Å². The smallest absolute Gasteiger partial charge is 0.239 e. The summed E-state index contributed by atoms with van der Waals surface area (Å²) >= 11 is 0. The van der Waals surface area contributed by atoms with Crippen molar-refractivity contribution < 1.29 is 9.53 Å². The summed E-state index contributed by atoms with van der Waals surface area (Å²) in [4.78, 5) is 23.5. The van der Waals surface area contributed by atoms with E-state index in [2.05, 4.69) is 22.0 Å². The van der Waals surface area contributed by atoms with Crippen LogP contribution in [0.5, 0.6) is 0 Å². The van der Waals surface area contributed by atoms with E-state index in [-0.39, 0.29) is 11.9 Å². The predicted molar refractivity (Wildman–Crippen MR) is 105 cm³/mol. The van der Waals surface area contributed by atoms with E-state index in [1.807, 2.05) is 14.1 Å². The summed E-state index contributed by atoms with van der Waals surface area (Å²) in [6.07, 6.45) is 4.25. The Labute approximate surface area is 158 Å². The molecule has 1 N–H and O–H groups in total. The van der Waals surface area contributed by atoms with Crippen LogP contribution >= 0.6 is 0 Å². The summed E-state index contributed by atoms with van der Waals surface area (Å²) in [6, 6.07) is 0.0654. The molecule has 2 aliphatic rings. The number of hydrogen-bond acceptors (Lipinski definition) is 4. The molecule has 2 unspecified atom stereocenters. The Hall–Kier alpha value is -1.34. The van der Waals surface area contributed by atoms with Crippen molar-refractivity contribution in [3.8, 4) is 0 Å². The molecule has 7 nitrogen and oxygen atoms in total. The zero-order chi connectivity index (χ0) is 18.9. The van der Waals surface area contributed by atoms with Crippen molar-refractivity contribution in [2.45, 2.75) is 38.6 Å². The monoisotopic (exact) mass is 367 g/mol. The van der Waals surface area contributed by atoms with E-state index in [1.165, 1.54) is 6.42 Å². The summed E-state index contributed by atoms with van der Waals surface area (Å²) in [5, 5.41) is 3.42. The predicted octanol–water partition coefficient (Wildman–Crippen LogP) is 0.863. The van der Waals surface area contributed by atoms with E-state index in [0.29, 0.717) is 5.92 Å². The molecule has 0 aromatic carbocycles. The van der Waals surface area contributed by atoms with Crippen molar-refractivity contribution in [3.63, 3.8) is 0 Å². The minimum absolute atomic E-state index is 0.0654. The molecule has 0 saturated carbocycles. The molecule has 2 fully saturated rings.